The number of benzene rings is 2. The number of amides is 1. The van der Waals surface area contributed by atoms with Crippen LogP contribution in [0.2, 0.25) is 0 Å². The van der Waals surface area contributed by atoms with E-state index in [9.17, 15) is 13.2 Å². The summed E-state index contributed by atoms with van der Waals surface area (Å²) in [4.78, 5) is 15.3. The molecule has 4 rings (SSSR count). The molecule has 0 aliphatic carbocycles. The second-order valence-electron chi connectivity index (χ2n) is 8.50. The van der Waals surface area contributed by atoms with E-state index >= 15 is 0 Å². The van der Waals surface area contributed by atoms with Crippen LogP contribution in [0, 0.1) is 0 Å². The molecule has 8 nitrogen and oxygen atoms in total. The van der Waals surface area contributed by atoms with E-state index in [4.69, 9.17) is 9.47 Å². The zero-order chi connectivity index (χ0) is 23.6. The summed E-state index contributed by atoms with van der Waals surface area (Å²) >= 11 is 0. The summed E-state index contributed by atoms with van der Waals surface area (Å²) < 4.78 is 37.7. The lowest BCUT2D eigenvalue weighted by Gasteiger charge is -2.33. The molecule has 0 unspecified atom stereocenters. The smallest absolute Gasteiger partial charge is 0.243 e. The van der Waals surface area contributed by atoms with Crippen molar-refractivity contribution in [3.63, 3.8) is 0 Å². The number of carbonyl (C=O) groups is 1. The lowest BCUT2D eigenvalue weighted by atomic mass is 9.97. The average molecular weight is 474 g/mol. The summed E-state index contributed by atoms with van der Waals surface area (Å²) in [5, 5.41) is 2.92. The van der Waals surface area contributed by atoms with Gasteiger partial charge in [0.05, 0.1) is 25.2 Å². The Balaban J connectivity index is 1.41. The second kappa shape index (κ2) is 9.70. The monoisotopic (exact) mass is 473 g/mol. The summed E-state index contributed by atoms with van der Waals surface area (Å²) in [5.41, 5.74) is 2.90. The first-order valence-electron chi connectivity index (χ1n) is 11.2. The number of fused-ring (bicyclic) bond motifs is 1. The lowest BCUT2D eigenvalue weighted by Crippen LogP contribution is -2.44. The van der Waals surface area contributed by atoms with Gasteiger partial charge in [-0.3, -0.25) is 9.69 Å². The maximum absolute atomic E-state index is 12.9. The van der Waals surface area contributed by atoms with Gasteiger partial charge in [-0.15, -0.1) is 0 Å². The molecule has 1 atom stereocenters. The highest BCUT2D eigenvalue weighted by molar-refractivity contribution is 7.89. The van der Waals surface area contributed by atoms with Gasteiger partial charge in [-0.2, -0.15) is 4.31 Å². The molecule has 1 fully saturated rings. The van der Waals surface area contributed by atoms with E-state index in [0.717, 1.165) is 31.4 Å². The minimum Gasteiger partial charge on any atom is -0.493 e. The fraction of sp³-hybridized carbons (Fsp3) is 0.458. The molecule has 178 valence electrons. The zero-order valence-electron chi connectivity index (χ0n) is 19.3. The minimum atomic E-state index is -3.46. The Morgan fingerprint density at radius 1 is 0.970 bits per heavy atom. The van der Waals surface area contributed by atoms with Gasteiger partial charge < -0.3 is 14.8 Å². The number of sulfonamides is 1. The molecule has 9 heteroatoms. The van der Waals surface area contributed by atoms with E-state index in [1.807, 2.05) is 19.1 Å². The van der Waals surface area contributed by atoms with Crippen LogP contribution < -0.4 is 14.8 Å². The van der Waals surface area contributed by atoms with E-state index in [1.165, 1.54) is 9.87 Å². The van der Waals surface area contributed by atoms with E-state index in [1.54, 1.807) is 38.5 Å². The maximum atomic E-state index is 12.9. The van der Waals surface area contributed by atoms with Gasteiger partial charge in [-0.1, -0.05) is 0 Å². The molecule has 2 aliphatic heterocycles. The van der Waals surface area contributed by atoms with Crippen LogP contribution in [0.25, 0.3) is 0 Å². The lowest BCUT2D eigenvalue weighted by molar-refractivity contribution is -0.121. The third kappa shape index (κ3) is 4.85. The Labute approximate surface area is 195 Å². The van der Waals surface area contributed by atoms with Crippen molar-refractivity contribution in [2.75, 3.05) is 39.2 Å². The van der Waals surface area contributed by atoms with Crippen molar-refractivity contribution in [2.24, 2.45) is 0 Å². The molecule has 1 saturated heterocycles. The summed E-state index contributed by atoms with van der Waals surface area (Å²) in [5.74, 6) is 1.26. The molecule has 33 heavy (non-hydrogen) atoms. The fourth-order valence-electron chi connectivity index (χ4n) is 4.44. The molecule has 2 aromatic rings. The molecule has 0 radical (unpaired) electrons. The van der Waals surface area contributed by atoms with E-state index in [2.05, 4.69) is 10.2 Å². The highest BCUT2D eigenvalue weighted by Crippen LogP contribution is 2.33. The van der Waals surface area contributed by atoms with Gasteiger partial charge in [-0.05, 0) is 73.7 Å². The Kier molecular flexibility index (Phi) is 6.92. The number of methoxy groups -OCH3 is 2. The maximum Gasteiger partial charge on any atom is 0.243 e. The van der Waals surface area contributed by atoms with Crippen molar-refractivity contribution >= 4 is 21.6 Å². The quantitative estimate of drug-likeness (QED) is 0.665. The summed E-state index contributed by atoms with van der Waals surface area (Å²) in [6.45, 7) is 4.40. The average Bonchev–Trinajstić information content (AvgIpc) is 3.38. The third-order valence-electron chi connectivity index (χ3n) is 6.50. The molecule has 0 bridgehead atoms. The molecule has 1 amide bonds. The molecule has 0 aromatic heterocycles. The highest BCUT2D eigenvalue weighted by atomic mass is 32.2. The number of nitrogens with one attached hydrogen (secondary N) is 1. The van der Waals surface area contributed by atoms with Crippen molar-refractivity contribution in [2.45, 2.75) is 43.7 Å². The Bertz CT molecular complexity index is 1110. The predicted molar refractivity (Wildman–Crippen MR) is 126 cm³/mol. The van der Waals surface area contributed by atoms with Gasteiger partial charge in [0.25, 0.3) is 0 Å². The van der Waals surface area contributed by atoms with Crippen LogP contribution in [0.5, 0.6) is 11.5 Å². The number of nitrogens with zero attached hydrogens (tertiary/aromatic N) is 2. The number of hydrogen-bond donors (Lipinski definition) is 1. The summed E-state index contributed by atoms with van der Waals surface area (Å²) in [6, 6.07) is 10.1. The number of rotatable bonds is 7. The second-order valence-corrected chi connectivity index (χ2v) is 10.4. The first-order chi connectivity index (χ1) is 15.8. The van der Waals surface area contributed by atoms with Gasteiger partial charge >= 0.3 is 0 Å². The topological polar surface area (TPSA) is 88.2 Å². The van der Waals surface area contributed by atoms with Gasteiger partial charge in [0.2, 0.25) is 15.9 Å². The van der Waals surface area contributed by atoms with E-state index in [-0.39, 0.29) is 16.8 Å². The molecular formula is C24H31N3O5S. The van der Waals surface area contributed by atoms with E-state index in [0.29, 0.717) is 36.8 Å². The van der Waals surface area contributed by atoms with Crippen molar-refractivity contribution in [3.05, 3.63) is 47.5 Å². The van der Waals surface area contributed by atoms with Crippen LogP contribution in [-0.2, 0) is 27.8 Å². The largest absolute Gasteiger partial charge is 0.493 e. The van der Waals surface area contributed by atoms with Crippen LogP contribution in [0.4, 0.5) is 5.69 Å². The number of ether oxygens (including phenoxy) is 2. The third-order valence-corrected chi connectivity index (χ3v) is 8.41. The van der Waals surface area contributed by atoms with Gasteiger partial charge in [-0.25, -0.2) is 8.42 Å². The predicted octanol–water partition coefficient (Wildman–Crippen LogP) is 2.87. The van der Waals surface area contributed by atoms with Gasteiger partial charge in [0.1, 0.15) is 0 Å². The van der Waals surface area contributed by atoms with Gasteiger partial charge in [0.15, 0.2) is 11.5 Å². The molecular weight excluding hydrogens is 442 g/mol. The normalized spacial score (nSPS) is 17.9. The molecule has 0 saturated carbocycles. The fourth-order valence-corrected chi connectivity index (χ4v) is 5.95. The molecule has 2 heterocycles. The number of hydrogen-bond acceptors (Lipinski definition) is 6. The van der Waals surface area contributed by atoms with Crippen molar-refractivity contribution in [1.29, 1.82) is 0 Å². The first kappa shape index (κ1) is 23.5. The van der Waals surface area contributed by atoms with Gasteiger partial charge in [0, 0.05) is 31.9 Å². The van der Waals surface area contributed by atoms with Crippen LogP contribution in [0.3, 0.4) is 0 Å². The Hall–Kier alpha value is -2.62. The van der Waals surface area contributed by atoms with Crippen molar-refractivity contribution in [1.82, 2.24) is 9.21 Å². The molecule has 2 aromatic carbocycles. The summed E-state index contributed by atoms with van der Waals surface area (Å²) in [6.07, 6.45) is 2.61. The minimum absolute atomic E-state index is 0.130. The number of carbonyl (C=O) groups excluding carboxylic acids is 1. The van der Waals surface area contributed by atoms with Crippen LogP contribution in [-0.4, -0.2) is 63.4 Å². The molecule has 0 spiro atoms. The van der Waals surface area contributed by atoms with Crippen molar-refractivity contribution < 1.29 is 22.7 Å². The number of anilines is 1. The SMILES string of the molecule is COc1cc2c(cc1OC)CN([C@H](C)C(=O)Nc1ccc(S(=O)(=O)N3CCCC3)cc1)CC2. The zero-order valence-corrected chi connectivity index (χ0v) is 20.2. The molecule has 2 aliphatic rings. The summed E-state index contributed by atoms with van der Waals surface area (Å²) in [7, 11) is -0.225. The van der Waals surface area contributed by atoms with Crippen LogP contribution in [0.1, 0.15) is 30.9 Å². The Morgan fingerprint density at radius 2 is 1.58 bits per heavy atom. The first-order valence-corrected chi connectivity index (χ1v) is 12.7. The van der Waals surface area contributed by atoms with Crippen molar-refractivity contribution in [3.8, 4) is 11.5 Å². The Morgan fingerprint density at radius 3 is 2.18 bits per heavy atom. The highest BCUT2D eigenvalue weighted by Gasteiger charge is 2.28. The van der Waals surface area contributed by atoms with E-state index < -0.39 is 10.0 Å². The standard InChI is InChI=1S/C24H31N3O5S/c1-17(26-13-10-18-14-22(31-2)23(32-3)15-19(18)16-26)24(28)25-20-6-8-21(9-7-20)33(29,30)27-11-4-5-12-27/h6-9,14-15,17H,4-5,10-13,16H2,1-3H3,(H,25,28)/t17-/m1/s1. The van der Waals surface area contributed by atoms with Crippen LogP contribution >= 0.6 is 0 Å². The molecule has 1 N–H and O–H groups in total. The van der Waals surface area contributed by atoms with Crippen LogP contribution in [0.15, 0.2) is 41.3 Å².